The van der Waals surface area contributed by atoms with Gasteiger partial charge < -0.3 is 5.11 Å². The summed E-state index contributed by atoms with van der Waals surface area (Å²) in [5, 5.41) is 8.28. The van der Waals surface area contributed by atoms with Crippen LogP contribution in [0.1, 0.15) is 37.6 Å². The first-order valence-electron chi connectivity index (χ1n) is 6.16. The molecule has 0 aliphatic heterocycles. The van der Waals surface area contributed by atoms with Crippen molar-refractivity contribution >= 4 is 27.6 Å². The van der Waals surface area contributed by atoms with Gasteiger partial charge in [0.1, 0.15) is 5.82 Å². The second-order valence-corrected chi connectivity index (χ2v) is 7.93. The predicted octanol–water partition coefficient (Wildman–Crippen LogP) is 2.89. The van der Waals surface area contributed by atoms with E-state index in [9.17, 15) is 17.6 Å². The molecule has 1 aromatic carbocycles. The number of carbonyl (C=O) groups is 1. The number of halogens is 2. The second kappa shape index (κ2) is 6.29. The van der Waals surface area contributed by atoms with Crippen molar-refractivity contribution in [3.63, 3.8) is 0 Å². The van der Waals surface area contributed by atoms with Crippen LogP contribution >= 0.6 is 11.6 Å². The molecule has 0 fully saturated rings. The van der Waals surface area contributed by atoms with Gasteiger partial charge in [0, 0.05) is 6.54 Å². The van der Waals surface area contributed by atoms with Crippen LogP contribution in [0.15, 0.2) is 17.0 Å². The van der Waals surface area contributed by atoms with E-state index in [2.05, 4.69) is 4.72 Å². The lowest BCUT2D eigenvalue weighted by atomic mass is 9.93. The normalized spacial score (nSPS) is 12.4. The Kier molecular flexibility index (Phi) is 5.35. The first-order chi connectivity index (χ1) is 9.44. The smallest absolute Gasteiger partial charge is 0.337 e. The number of carboxylic acids is 1. The van der Waals surface area contributed by atoms with E-state index in [-0.39, 0.29) is 12.0 Å². The van der Waals surface area contributed by atoms with Crippen LogP contribution in [0.3, 0.4) is 0 Å². The van der Waals surface area contributed by atoms with E-state index >= 15 is 0 Å². The maximum atomic E-state index is 13.6. The average molecular weight is 338 g/mol. The van der Waals surface area contributed by atoms with E-state index in [0.717, 1.165) is 6.07 Å². The number of hydrogen-bond donors (Lipinski definition) is 2. The molecular weight excluding hydrogens is 321 g/mol. The summed E-state index contributed by atoms with van der Waals surface area (Å²) in [6, 6.07) is 1.54. The fourth-order valence-electron chi connectivity index (χ4n) is 1.52. The number of rotatable bonds is 5. The van der Waals surface area contributed by atoms with Gasteiger partial charge in [-0.25, -0.2) is 22.3 Å². The zero-order valence-corrected chi connectivity index (χ0v) is 13.5. The minimum absolute atomic E-state index is 0.0695. The standard InChI is InChI=1S/C13H17ClFNO4S/c1-13(2,3)4-5-16-21(19,20)8-6-9(12(17)18)11(14)10(15)7-8/h6-7,16H,4-5H2,1-3H3,(H,17,18). The first kappa shape index (κ1) is 17.9. The van der Waals surface area contributed by atoms with Gasteiger partial charge in [0.05, 0.1) is 15.5 Å². The molecule has 0 bridgehead atoms. The highest BCUT2D eigenvalue weighted by Crippen LogP contribution is 2.25. The number of carboxylic acid groups (broad SMARTS) is 1. The van der Waals surface area contributed by atoms with Gasteiger partial charge in [-0.15, -0.1) is 0 Å². The fraction of sp³-hybridized carbons (Fsp3) is 0.462. The van der Waals surface area contributed by atoms with Crippen molar-refractivity contribution in [1.29, 1.82) is 0 Å². The number of benzene rings is 1. The van der Waals surface area contributed by atoms with Crippen LogP contribution in [0.2, 0.25) is 5.02 Å². The second-order valence-electron chi connectivity index (χ2n) is 5.78. The first-order valence-corrected chi connectivity index (χ1v) is 8.02. The molecule has 2 N–H and O–H groups in total. The largest absolute Gasteiger partial charge is 0.478 e. The molecule has 8 heteroatoms. The van der Waals surface area contributed by atoms with E-state index in [1.807, 2.05) is 20.8 Å². The van der Waals surface area contributed by atoms with Crippen LogP contribution in [0, 0.1) is 11.2 Å². The van der Waals surface area contributed by atoms with Crippen molar-refractivity contribution in [2.45, 2.75) is 32.1 Å². The molecule has 5 nitrogen and oxygen atoms in total. The monoisotopic (exact) mass is 337 g/mol. The highest BCUT2D eigenvalue weighted by Gasteiger charge is 2.22. The molecule has 0 saturated heterocycles. The molecule has 0 amide bonds. The third-order valence-corrected chi connectivity index (χ3v) is 4.53. The average Bonchev–Trinajstić information content (AvgIpc) is 2.29. The molecule has 1 aromatic rings. The molecular formula is C13H17ClFNO4S. The SMILES string of the molecule is CC(C)(C)CCNS(=O)(=O)c1cc(F)c(Cl)c(C(=O)O)c1. The fourth-order valence-corrected chi connectivity index (χ4v) is 2.78. The third kappa shape index (κ3) is 4.94. The number of sulfonamides is 1. The maximum Gasteiger partial charge on any atom is 0.337 e. The Morgan fingerprint density at radius 1 is 1.38 bits per heavy atom. The van der Waals surface area contributed by atoms with E-state index in [4.69, 9.17) is 16.7 Å². The highest BCUT2D eigenvalue weighted by atomic mass is 35.5. The van der Waals surface area contributed by atoms with Crippen molar-refractivity contribution in [1.82, 2.24) is 4.72 Å². The van der Waals surface area contributed by atoms with Crippen LogP contribution in [-0.2, 0) is 10.0 Å². The van der Waals surface area contributed by atoms with Crippen molar-refractivity contribution in [2.24, 2.45) is 5.41 Å². The highest BCUT2D eigenvalue weighted by molar-refractivity contribution is 7.89. The molecule has 0 saturated carbocycles. The summed E-state index contributed by atoms with van der Waals surface area (Å²) in [4.78, 5) is 10.5. The Morgan fingerprint density at radius 3 is 2.43 bits per heavy atom. The van der Waals surface area contributed by atoms with Crippen LogP contribution in [-0.4, -0.2) is 26.0 Å². The zero-order chi connectivity index (χ0) is 16.4. The van der Waals surface area contributed by atoms with Crippen molar-refractivity contribution < 1.29 is 22.7 Å². The minimum atomic E-state index is -3.99. The Bertz CT molecular complexity index is 653. The van der Waals surface area contributed by atoms with Gasteiger partial charge in [-0.05, 0) is 24.0 Å². The summed E-state index contributed by atoms with van der Waals surface area (Å²) in [7, 11) is -3.99. The molecule has 1 rings (SSSR count). The van der Waals surface area contributed by atoms with Crippen LogP contribution in [0.25, 0.3) is 0 Å². The van der Waals surface area contributed by atoms with Crippen LogP contribution < -0.4 is 4.72 Å². The molecule has 0 spiro atoms. The third-order valence-electron chi connectivity index (χ3n) is 2.71. The summed E-state index contributed by atoms with van der Waals surface area (Å²) < 4.78 is 40.0. The summed E-state index contributed by atoms with van der Waals surface area (Å²) in [5.74, 6) is -2.58. The lowest BCUT2D eigenvalue weighted by Crippen LogP contribution is -2.27. The molecule has 0 aliphatic rings. The lowest BCUT2D eigenvalue weighted by molar-refractivity contribution is 0.0696. The molecule has 0 aliphatic carbocycles. The summed E-state index contributed by atoms with van der Waals surface area (Å²) >= 11 is 5.50. The van der Waals surface area contributed by atoms with Gasteiger partial charge in [0.2, 0.25) is 10.0 Å². The van der Waals surface area contributed by atoms with E-state index in [1.54, 1.807) is 0 Å². The molecule has 0 heterocycles. The lowest BCUT2D eigenvalue weighted by Gasteiger charge is -2.18. The van der Waals surface area contributed by atoms with Crippen molar-refractivity contribution in [2.75, 3.05) is 6.54 Å². The topological polar surface area (TPSA) is 83.5 Å². The Labute approximate surface area is 128 Å². The molecule has 0 aromatic heterocycles. The van der Waals surface area contributed by atoms with E-state index < -0.39 is 37.3 Å². The summed E-state index contributed by atoms with van der Waals surface area (Å²) in [6.45, 7) is 6.02. The Morgan fingerprint density at radius 2 is 1.95 bits per heavy atom. The molecule has 118 valence electrons. The quantitative estimate of drug-likeness (QED) is 0.865. The van der Waals surface area contributed by atoms with Crippen molar-refractivity contribution in [3.05, 3.63) is 28.5 Å². The van der Waals surface area contributed by atoms with Gasteiger partial charge in [-0.1, -0.05) is 32.4 Å². The summed E-state index contributed by atoms with van der Waals surface area (Å²) in [6.07, 6.45) is 0.577. The number of nitrogens with one attached hydrogen (secondary N) is 1. The van der Waals surface area contributed by atoms with Crippen LogP contribution in [0.4, 0.5) is 4.39 Å². The van der Waals surface area contributed by atoms with Gasteiger partial charge >= 0.3 is 5.97 Å². The van der Waals surface area contributed by atoms with Gasteiger partial charge in [-0.2, -0.15) is 0 Å². The zero-order valence-electron chi connectivity index (χ0n) is 11.9. The van der Waals surface area contributed by atoms with Gasteiger partial charge in [0.25, 0.3) is 0 Å². The van der Waals surface area contributed by atoms with Gasteiger partial charge in [-0.3, -0.25) is 0 Å². The maximum absolute atomic E-state index is 13.6. The van der Waals surface area contributed by atoms with Crippen molar-refractivity contribution in [3.8, 4) is 0 Å². The van der Waals surface area contributed by atoms with E-state index in [0.29, 0.717) is 12.5 Å². The minimum Gasteiger partial charge on any atom is -0.478 e. The predicted molar refractivity (Wildman–Crippen MR) is 77.6 cm³/mol. The number of aromatic carboxylic acids is 1. The molecule has 0 unspecified atom stereocenters. The number of hydrogen-bond acceptors (Lipinski definition) is 3. The summed E-state index contributed by atoms with van der Waals surface area (Å²) in [5.41, 5.74) is -0.659. The molecule has 0 radical (unpaired) electrons. The Balaban J connectivity index is 3.07. The van der Waals surface area contributed by atoms with Crippen LogP contribution in [0.5, 0.6) is 0 Å². The van der Waals surface area contributed by atoms with Gasteiger partial charge in [0.15, 0.2) is 0 Å². The Hall–Kier alpha value is -1.18. The molecule has 21 heavy (non-hydrogen) atoms. The van der Waals surface area contributed by atoms with E-state index in [1.165, 1.54) is 0 Å². The molecule has 0 atom stereocenters.